The number of ether oxygens (including phenoxy) is 1. The van der Waals surface area contributed by atoms with Gasteiger partial charge in [0, 0.05) is 69.1 Å². The van der Waals surface area contributed by atoms with E-state index < -0.39 is 0 Å². The fourth-order valence-corrected chi connectivity index (χ4v) is 4.41. The van der Waals surface area contributed by atoms with Crippen LogP contribution in [0, 0.1) is 0 Å². The highest BCUT2D eigenvalue weighted by molar-refractivity contribution is 5.83. The van der Waals surface area contributed by atoms with Crippen LogP contribution >= 0.6 is 0 Å². The standard InChI is InChI=1S/C26H36N6O/c1-27-26(29-14-12-21-20-30-25-7-4-3-6-24(21)25)28-13-5-15-31-16-18-32(19-17-31)22-8-10-23(33-2)11-9-22/h3-4,6-11,20,30H,5,12-19H2,1-2H3,(H2,27,28,29). The van der Waals surface area contributed by atoms with Crippen molar-refractivity contribution >= 4 is 22.5 Å². The molecule has 0 unspecified atom stereocenters. The third kappa shape index (κ3) is 6.20. The molecule has 1 saturated heterocycles. The first-order valence-corrected chi connectivity index (χ1v) is 11.9. The number of aromatic nitrogens is 1. The van der Waals surface area contributed by atoms with Gasteiger partial charge in [0.15, 0.2) is 5.96 Å². The number of rotatable bonds is 9. The zero-order valence-electron chi connectivity index (χ0n) is 19.8. The van der Waals surface area contributed by atoms with Crippen molar-refractivity contribution in [2.24, 2.45) is 4.99 Å². The van der Waals surface area contributed by atoms with Gasteiger partial charge >= 0.3 is 0 Å². The van der Waals surface area contributed by atoms with Crippen molar-refractivity contribution in [1.29, 1.82) is 0 Å². The lowest BCUT2D eigenvalue weighted by atomic mass is 10.1. The monoisotopic (exact) mass is 448 g/mol. The fourth-order valence-electron chi connectivity index (χ4n) is 4.41. The number of methoxy groups -OCH3 is 1. The largest absolute Gasteiger partial charge is 0.497 e. The number of benzene rings is 2. The van der Waals surface area contributed by atoms with E-state index in [1.807, 2.05) is 19.2 Å². The van der Waals surface area contributed by atoms with Crippen LogP contribution in [-0.4, -0.2) is 75.8 Å². The van der Waals surface area contributed by atoms with Gasteiger partial charge in [0.2, 0.25) is 0 Å². The van der Waals surface area contributed by atoms with Gasteiger partial charge in [0.1, 0.15) is 5.75 Å². The van der Waals surface area contributed by atoms with Crippen LogP contribution in [0.1, 0.15) is 12.0 Å². The van der Waals surface area contributed by atoms with Gasteiger partial charge in [0.05, 0.1) is 7.11 Å². The molecule has 0 atom stereocenters. The maximum Gasteiger partial charge on any atom is 0.190 e. The minimum absolute atomic E-state index is 0.856. The number of guanidine groups is 1. The average Bonchev–Trinajstić information content (AvgIpc) is 3.29. The van der Waals surface area contributed by atoms with Crippen molar-refractivity contribution < 1.29 is 4.74 Å². The van der Waals surface area contributed by atoms with Gasteiger partial charge in [-0.3, -0.25) is 9.89 Å². The number of H-pyrrole nitrogens is 1. The predicted octanol–water partition coefficient (Wildman–Crippen LogP) is 3.10. The molecule has 0 aliphatic carbocycles. The topological polar surface area (TPSA) is 67.9 Å². The molecule has 1 aliphatic rings. The van der Waals surface area contributed by atoms with Crippen molar-refractivity contribution in [3.05, 3.63) is 60.3 Å². The fraction of sp³-hybridized carbons (Fsp3) is 0.423. The van der Waals surface area contributed by atoms with Crippen LogP contribution in [-0.2, 0) is 6.42 Å². The first-order valence-electron chi connectivity index (χ1n) is 11.9. The highest BCUT2D eigenvalue weighted by Gasteiger charge is 2.16. The number of aromatic amines is 1. The molecule has 0 amide bonds. The van der Waals surface area contributed by atoms with Crippen molar-refractivity contribution in [2.75, 3.05) is 64.9 Å². The van der Waals surface area contributed by atoms with Gasteiger partial charge < -0.3 is 25.3 Å². The molecule has 4 rings (SSSR count). The predicted molar refractivity (Wildman–Crippen MR) is 138 cm³/mol. The van der Waals surface area contributed by atoms with Crippen molar-refractivity contribution in [3.8, 4) is 5.75 Å². The van der Waals surface area contributed by atoms with Crippen LogP contribution < -0.4 is 20.3 Å². The maximum atomic E-state index is 5.26. The third-order valence-corrected chi connectivity index (χ3v) is 6.34. The number of piperazine rings is 1. The molecule has 3 N–H and O–H groups in total. The lowest BCUT2D eigenvalue weighted by molar-refractivity contribution is 0.255. The molecule has 1 aromatic heterocycles. The smallest absolute Gasteiger partial charge is 0.190 e. The van der Waals surface area contributed by atoms with Crippen LogP contribution in [0.5, 0.6) is 5.75 Å². The summed E-state index contributed by atoms with van der Waals surface area (Å²) in [7, 11) is 3.54. The molecule has 2 aromatic carbocycles. The summed E-state index contributed by atoms with van der Waals surface area (Å²) in [6.07, 6.45) is 4.17. The molecule has 1 fully saturated rings. The second-order valence-corrected chi connectivity index (χ2v) is 8.42. The first-order chi connectivity index (χ1) is 16.3. The summed E-state index contributed by atoms with van der Waals surface area (Å²) in [5, 5.41) is 8.19. The summed E-state index contributed by atoms with van der Waals surface area (Å²) in [5.74, 6) is 1.78. The van der Waals surface area contributed by atoms with Gasteiger partial charge in [-0.15, -0.1) is 0 Å². The van der Waals surface area contributed by atoms with E-state index in [0.29, 0.717) is 0 Å². The van der Waals surface area contributed by atoms with Crippen molar-refractivity contribution in [2.45, 2.75) is 12.8 Å². The van der Waals surface area contributed by atoms with Crippen LogP contribution in [0.25, 0.3) is 10.9 Å². The molecule has 176 valence electrons. The molecule has 1 aliphatic heterocycles. The zero-order chi connectivity index (χ0) is 22.9. The number of hydrogen-bond donors (Lipinski definition) is 3. The van der Waals surface area contributed by atoms with Gasteiger partial charge in [-0.1, -0.05) is 18.2 Å². The molecule has 0 spiro atoms. The summed E-state index contributed by atoms with van der Waals surface area (Å²) < 4.78 is 5.26. The third-order valence-electron chi connectivity index (χ3n) is 6.34. The van der Waals surface area contributed by atoms with Gasteiger partial charge in [-0.25, -0.2) is 0 Å². The molecular weight excluding hydrogens is 412 g/mol. The minimum Gasteiger partial charge on any atom is -0.497 e. The zero-order valence-corrected chi connectivity index (χ0v) is 19.8. The van der Waals surface area contributed by atoms with Crippen molar-refractivity contribution in [3.63, 3.8) is 0 Å². The molecule has 3 aromatic rings. The average molecular weight is 449 g/mol. The van der Waals surface area contributed by atoms with Gasteiger partial charge in [0.25, 0.3) is 0 Å². The summed E-state index contributed by atoms with van der Waals surface area (Å²) >= 11 is 0. The van der Waals surface area contributed by atoms with E-state index in [-0.39, 0.29) is 0 Å². The number of nitrogens with one attached hydrogen (secondary N) is 3. The molecule has 0 bridgehead atoms. The quantitative estimate of drug-likeness (QED) is 0.267. The number of aliphatic imine (C=N–C) groups is 1. The van der Waals surface area contributed by atoms with Crippen LogP contribution in [0.15, 0.2) is 59.7 Å². The molecule has 33 heavy (non-hydrogen) atoms. The van der Waals surface area contributed by atoms with Gasteiger partial charge in [-0.05, 0) is 55.3 Å². The molecule has 2 heterocycles. The number of hydrogen-bond acceptors (Lipinski definition) is 4. The van der Waals surface area contributed by atoms with Crippen LogP contribution in [0.3, 0.4) is 0 Å². The Bertz CT molecular complexity index is 1020. The Morgan fingerprint density at radius 1 is 1.00 bits per heavy atom. The Hall–Kier alpha value is -3.19. The number of para-hydroxylation sites is 1. The van der Waals surface area contributed by atoms with E-state index in [2.05, 4.69) is 73.0 Å². The van der Waals surface area contributed by atoms with E-state index in [9.17, 15) is 0 Å². The van der Waals surface area contributed by atoms with Crippen molar-refractivity contribution in [1.82, 2.24) is 20.5 Å². The van der Waals surface area contributed by atoms with E-state index in [1.54, 1.807) is 7.11 Å². The van der Waals surface area contributed by atoms with E-state index >= 15 is 0 Å². The van der Waals surface area contributed by atoms with E-state index in [1.165, 1.54) is 22.2 Å². The molecular formula is C26H36N6O. The maximum absolute atomic E-state index is 5.26. The Morgan fingerprint density at radius 3 is 2.52 bits per heavy atom. The molecule has 0 radical (unpaired) electrons. The lowest BCUT2D eigenvalue weighted by Gasteiger charge is -2.36. The van der Waals surface area contributed by atoms with E-state index in [0.717, 1.165) is 70.4 Å². The molecule has 7 nitrogen and oxygen atoms in total. The number of anilines is 1. The Labute approximate surface area is 196 Å². The second kappa shape index (κ2) is 11.6. The summed E-state index contributed by atoms with van der Waals surface area (Å²) in [4.78, 5) is 12.7. The Morgan fingerprint density at radius 2 is 1.76 bits per heavy atom. The van der Waals surface area contributed by atoms with Gasteiger partial charge in [-0.2, -0.15) is 0 Å². The number of nitrogens with zero attached hydrogens (tertiary/aromatic N) is 3. The lowest BCUT2D eigenvalue weighted by Crippen LogP contribution is -2.47. The summed E-state index contributed by atoms with van der Waals surface area (Å²) in [6, 6.07) is 16.8. The number of fused-ring (bicyclic) bond motifs is 1. The Balaban J connectivity index is 1.11. The summed E-state index contributed by atoms with van der Waals surface area (Å²) in [6.45, 7) is 7.22. The minimum atomic E-state index is 0.856. The molecule has 0 saturated carbocycles. The second-order valence-electron chi connectivity index (χ2n) is 8.42. The van der Waals surface area contributed by atoms with E-state index in [4.69, 9.17) is 4.74 Å². The normalized spacial score (nSPS) is 15.1. The van der Waals surface area contributed by atoms with Crippen LogP contribution in [0.2, 0.25) is 0 Å². The highest BCUT2D eigenvalue weighted by Crippen LogP contribution is 2.20. The SMILES string of the molecule is CN=C(NCCCN1CCN(c2ccc(OC)cc2)CC1)NCCc1c[nH]c2ccccc12. The summed E-state index contributed by atoms with van der Waals surface area (Å²) in [5.41, 5.74) is 3.81. The van der Waals surface area contributed by atoms with Crippen LogP contribution in [0.4, 0.5) is 5.69 Å². The highest BCUT2D eigenvalue weighted by atomic mass is 16.5. The Kier molecular flexibility index (Phi) is 8.09. The first kappa shape index (κ1) is 23.0. The molecule has 7 heteroatoms.